The summed E-state index contributed by atoms with van der Waals surface area (Å²) in [6.45, 7) is 6.11. The zero-order valence-electron chi connectivity index (χ0n) is 13.0. The first-order chi connectivity index (χ1) is 9.85. The summed E-state index contributed by atoms with van der Waals surface area (Å²) in [5.41, 5.74) is 1.34. The Morgan fingerprint density at radius 1 is 1.20 bits per heavy atom. The molecule has 0 aromatic heterocycles. The van der Waals surface area contributed by atoms with Gasteiger partial charge in [0.1, 0.15) is 5.75 Å². The van der Waals surface area contributed by atoms with E-state index in [4.69, 9.17) is 4.74 Å². The highest BCUT2D eigenvalue weighted by atomic mass is 16.5. The van der Waals surface area contributed by atoms with Crippen molar-refractivity contribution < 1.29 is 4.74 Å². The maximum absolute atomic E-state index is 5.82. The molecule has 112 valence electrons. The molecule has 2 rings (SSSR count). The minimum absolute atomic E-state index is 0.445. The van der Waals surface area contributed by atoms with Crippen LogP contribution in [0.5, 0.6) is 5.75 Å². The predicted molar refractivity (Wildman–Crippen MR) is 85.2 cm³/mol. The van der Waals surface area contributed by atoms with Crippen molar-refractivity contribution in [3.63, 3.8) is 0 Å². The number of nitrogens with one attached hydrogen (secondary N) is 1. The third-order valence-electron chi connectivity index (χ3n) is 4.28. The molecule has 0 amide bonds. The fraction of sp³-hybridized carbons (Fsp3) is 0.667. The summed E-state index contributed by atoms with van der Waals surface area (Å²) in [5, 5.41) is 3.73. The number of benzene rings is 1. The normalized spacial score (nSPS) is 17.3. The van der Waals surface area contributed by atoms with Gasteiger partial charge in [-0.3, -0.25) is 0 Å². The minimum Gasteiger partial charge on any atom is -0.494 e. The van der Waals surface area contributed by atoms with Crippen molar-refractivity contribution in [1.82, 2.24) is 5.32 Å². The molecule has 1 saturated carbocycles. The molecule has 1 atom stereocenters. The predicted octanol–water partition coefficient (Wildman–Crippen LogP) is 4.71. The van der Waals surface area contributed by atoms with E-state index in [1.807, 2.05) is 0 Å². The standard InChI is InChI=1S/C18H29NO/c1-3-13-19-17(14-15-9-5-6-10-15)16-11-7-8-12-18(16)20-4-2/h7-8,11-12,15,17,19H,3-6,9-10,13-14H2,1-2H3. The van der Waals surface area contributed by atoms with Gasteiger partial charge in [-0.25, -0.2) is 0 Å². The van der Waals surface area contributed by atoms with Gasteiger partial charge in [0.25, 0.3) is 0 Å². The molecule has 0 spiro atoms. The van der Waals surface area contributed by atoms with Gasteiger partial charge in [0.15, 0.2) is 0 Å². The maximum Gasteiger partial charge on any atom is 0.124 e. The molecule has 0 radical (unpaired) electrons. The third-order valence-corrected chi connectivity index (χ3v) is 4.28. The molecule has 1 aliphatic carbocycles. The summed E-state index contributed by atoms with van der Waals surface area (Å²) < 4.78 is 5.82. The molecule has 1 unspecified atom stereocenters. The number of rotatable bonds is 8. The second kappa shape index (κ2) is 8.31. The smallest absolute Gasteiger partial charge is 0.124 e. The lowest BCUT2D eigenvalue weighted by Gasteiger charge is -2.24. The second-order valence-electron chi connectivity index (χ2n) is 5.86. The Hall–Kier alpha value is -1.02. The number of hydrogen-bond donors (Lipinski definition) is 1. The molecule has 1 aromatic rings. The Morgan fingerprint density at radius 2 is 1.95 bits per heavy atom. The average molecular weight is 275 g/mol. The van der Waals surface area contributed by atoms with Gasteiger partial charge < -0.3 is 10.1 Å². The summed E-state index contributed by atoms with van der Waals surface area (Å²) in [7, 11) is 0. The highest BCUT2D eigenvalue weighted by molar-refractivity contribution is 5.36. The van der Waals surface area contributed by atoms with Crippen molar-refractivity contribution in [3.8, 4) is 5.75 Å². The van der Waals surface area contributed by atoms with Crippen LogP contribution in [0.4, 0.5) is 0 Å². The van der Waals surface area contributed by atoms with Crippen LogP contribution in [0, 0.1) is 5.92 Å². The van der Waals surface area contributed by atoms with Gasteiger partial charge >= 0.3 is 0 Å². The Balaban J connectivity index is 2.11. The lowest BCUT2D eigenvalue weighted by Crippen LogP contribution is -2.24. The topological polar surface area (TPSA) is 21.3 Å². The molecule has 0 aliphatic heterocycles. The molecule has 0 saturated heterocycles. The van der Waals surface area contributed by atoms with Crippen LogP contribution in [0.15, 0.2) is 24.3 Å². The van der Waals surface area contributed by atoms with Gasteiger partial charge in [-0.1, -0.05) is 50.8 Å². The molecule has 1 N–H and O–H groups in total. The van der Waals surface area contributed by atoms with Gasteiger partial charge in [0.2, 0.25) is 0 Å². The number of ether oxygens (including phenoxy) is 1. The highest BCUT2D eigenvalue weighted by Gasteiger charge is 2.22. The maximum atomic E-state index is 5.82. The van der Waals surface area contributed by atoms with Crippen LogP contribution in [-0.2, 0) is 0 Å². The van der Waals surface area contributed by atoms with Crippen LogP contribution in [0.25, 0.3) is 0 Å². The summed E-state index contributed by atoms with van der Waals surface area (Å²) in [6.07, 6.45) is 8.07. The summed E-state index contributed by atoms with van der Waals surface area (Å²) in [6, 6.07) is 8.98. The van der Waals surface area contributed by atoms with E-state index in [0.717, 1.165) is 24.8 Å². The molecule has 2 heteroatoms. The van der Waals surface area contributed by atoms with E-state index in [2.05, 4.69) is 43.4 Å². The first-order valence-electron chi connectivity index (χ1n) is 8.30. The van der Waals surface area contributed by atoms with Crippen LogP contribution in [0.3, 0.4) is 0 Å². The first-order valence-corrected chi connectivity index (χ1v) is 8.30. The van der Waals surface area contributed by atoms with Gasteiger partial charge in [0, 0.05) is 11.6 Å². The molecule has 2 nitrogen and oxygen atoms in total. The Labute approximate surface area is 123 Å². The van der Waals surface area contributed by atoms with Crippen molar-refractivity contribution in [2.45, 2.75) is 58.4 Å². The van der Waals surface area contributed by atoms with E-state index in [0.29, 0.717) is 6.04 Å². The lowest BCUT2D eigenvalue weighted by molar-refractivity contribution is 0.323. The zero-order valence-corrected chi connectivity index (χ0v) is 13.0. The van der Waals surface area contributed by atoms with Crippen molar-refractivity contribution in [2.75, 3.05) is 13.2 Å². The Kier molecular flexibility index (Phi) is 6.38. The van der Waals surface area contributed by atoms with E-state index in [1.54, 1.807) is 0 Å². The van der Waals surface area contributed by atoms with Crippen LogP contribution < -0.4 is 10.1 Å². The van der Waals surface area contributed by atoms with Crippen molar-refractivity contribution in [3.05, 3.63) is 29.8 Å². The third kappa shape index (κ3) is 4.24. The van der Waals surface area contributed by atoms with E-state index in [-0.39, 0.29) is 0 Å². The molecular formula is C18H29NO. The zero-order chi connectivity index (χ0) is 14.2. The summed E-state index contributed by atoms with van der Waals surface area (Å²) >= 11 is 0. The van der Waals surface area contributed by atoms with Crippen molar-refractivity contribution in [2.24, 2.45) is 5.92 Å². The van der Waals surface area contributed by atoms with Crippen LogP contribution >= 0.6 is 0 Å². The molecule has 1 aliphatic rings. The van der Waals surface area contributed by atoms with E-state index >= 15 is 0 Å². The minimum atomic E-state index is 0.445. The fourth-order valence-electron chi connectivity index (χ4n) is 3.27. The molecule has 20 heavy (non-hydrogen) atoms. The number of hydrogen-bond acceptors (Lipinski definition) is 2. The van der Waals surface area contributed by atoms with Crippen molar-refractivity contribution in [1.29, 1.82) is 0 Å². The molecular weight excluding hydrogens is 246 g/mol. The molecule has 1 fully saturated rings. The van der Waals surface area contributed by atoms with Gasteiger partial charge in [-0.05, 0) is 38.3 Å². The van der Waals surface area contributed by atoms with Crippen LogP contribution in [0.1, 0.15) is 64.0 Å². The van der Waals surface area contributed by atoms with Gasteiger partial charge in [-0.15, -0.1) is 0 Å². The molecule has 1 aromatic carbocycles. The summed E-state index contributed by atoms with van der Waals surface area (Å²) in [4.78, 5) is 0. The Morgan fingerprint density at radius 3 is 2.65 bits per heavy atom. The van der Waals surface area contributed by atoms with Gasteiger partial charge in [-0.2, -0.15) is 0 Å². The number of para-hydroxylation sites is 1. The second-order valence-corrected chi connectivity index (χ2v) is 5.86. The van der Waals surface area contributed by atoms with E-state index < -0.39 is 0 Å². The monoisotopic (exact) mass is 275 g/mol. The SMILES string of the molecule is CCCNC(CC1CCCC1)c1ccccc1OCC. The average Bonchev–Trinajstić information content (AvgIpc) is 2.97. The lowest BCUT2D eigenvalue weighted by atomic mass is 9.93. The first kappa shape index (κ1) is 15.4. The van der Waals surface area contributed by atoms with E-state index in [1.165, 1.54) is 44.1 Å². The van der Waals surface area contributed by atoms with Crippen LogP contribution in [0.2, 0.25) is 0 Å². The largest absolute Gasteiger partial charge is 0.494 e. The van der Waals surface area contributed by atoms with Crippen LogP contribution in [-0.4, -0.2) is 13.2 Å². The van der Waals surface area contributed by atoms with E-state index in [9.17, 15) is 0 Å². The molecule has 0 bridgehead atoms. The highest BCUT2D eigenvalue weighted by Crippen LogP contribution is 2.35. The quantitative estimate of drug-likeness (QED) is 0.742. The fourth-order valence-corrected chi connectivity index (χ4v) is 3.27. The van der Waals surface area contributed by atoms with Gasteiger partial charge in [0.05, 0.1) is 6.61 Å². The summed E-state index contributed by atoms with van der Waals surface area (Å²) in [5.74, 6) is 1.95. The Bertz CT molecular complexity index is 385. The molecule has 0 heterocycles. The van der Waals surface area contributed by atoms with Crippen molar-refractivity contribution >= 4 is 0 Å².